The van der Waals surface area contributed by atoms with Gasteiger partial charge in [-0.15, -0.1) is 12.4 Å². The SMILES string of the molecule is CN(C)CC(=N)N.Cl. The quantitative estimate of drug-likeness (QED) is 0.413. The van der Waals surface area contributed by atoms with Gasteiger partial charge in [-0.2, -0.15) is 0 Å². The Hall–Kier alpha value is -0.280. The van der Waals surface area contributed by atoms with E-state index in [2.05, 4.69) is 0 Å². The molecule has 0 spiro atoms. The van der Waals surface area contributed by atoms with Gasteiger partial charge in [-0.1, -0.05) is 0 Å². The third-order valence-corrected chi connectivity index (χ3v) is 0.487. The van der Waals surface area contributed by atoms with Crippen LogP contribution in [0.3, 0.4) is 0 Å². The number of amidine groups is 1. The minimum Gasteiger partial charge on any atom is -0.387 e. The molecule has 0 heterocycles. The predicted molar refractivity (Wildman–Crippen MR) is 37.7 cm³/mol. The summed E-state index contributed by atoms with van der Waals surface area (Å²) < 4.78 is 0. The van der Waals surface area contributed by atoms with E-state index in [0.717, 1.165) is 0 Å². The molecule has 4 heteroatoms. The van der Waals surface area contributed by atoms with Crippen molar-refractivity contribution in [3.05, 3.63) is 0 Å². The van der Waals surface area contributed by atoms with E-state index in [1.165, 1.54) is 0 Å². The van der Waals surface area contributed by atoms with Crippen molar-refractivity contribution in [1.82, 2.24) is 4.90 Å². The molecular formula is C4H12ClN3. The molecule has 3 N–H and O–H groups in total. The molecule has 0 aliphatic rings. The van der Waals surface area contributed by atoms with E-state index < -0.39 is 0 Å². The standard InChI is InChI=1S/C4H11N3.ClH/c1-7(2)3-4(5)6;/h3H2,1-2H3,(H3,5,6);1H. The Morgan fingerprint density at radius 2 is 2.00 bits per heavy atom. The van der Waals surface area contributed by atoms with Crippen LogP contribution in [0.1, 0.15) is 0 Å². The van der Waals surface area contributed by atoms with Crippen molar-refractivity contribution in [3.8, 4) is 0 Å². The molecular weight excluding hydrogens is 126 g/mol. The topological polar surface area (TPSA) is 53.1 Å². The number of halogens is 1. The molecule has 0 aliphatic heterocycles. The van der Waals surface area contributed by atoms with Crippen molar-refractivity contribution in [2.45, 2.75) is 0 Å². The fraction of sp³-hybridized carbons (Fsp3) is 0.750. The van der Waals surface area contributed by atoms with Crippen LogP contribution in [0.4, 0.5) is 0 Å². The van der Waals surface area contributed by atoms with Gasteiger partial charge in [0.25, 0.3) is 0 Å². The highest BCUT2D eigenvalue weighted by Gasteiger charge is 1.87. The molecule has 50 valence electrons. The lowest BCUT2D eigenvalue weighted by Crippen LogP contribution is -2.26. The largest absolute Gasteiger partial charge is 0.387 e. The minimum absolute atomic E-state index is 0. The minimum atomic E-state index is 0. The van der Waals surface area contributed by atoms with Crippen molar-refractivity contribution < 1.29 is 0 Å². The monoisotopic (exact) mass is 137 g/mol. The van der Waals surface area contributed by atoms with Crippen molar-refractivity contribution in [2.24, 2.45) is 5.73 Å². The number of hydrogen-bond acceptors (Lipinski definition) is 2. The zero-order chi connectivity index (χ0) is 5.86. The van der Waals surface area contributed by atoms with Crippen LogP contribution in [0.5, 0.6) is 0 Å². The first-order valence-corrected chi connectivity index (χ1v) is 2.10. The van der Waals surface area contributed by atoms with Crippen LogP contribution >= 0.6 is 12.4 Å². The number of rotatable bonds is 2. The summed E-state index contributed by atoms with van der Waals surface area (Å²) in [6.45, 7) is 0.556. The Morgan fingerprint density at radius 1 is 1.62 bits per heavy atom. The van der Waals surface area contributed by atoms with Gasteiger partial charge in [0.15, 0.2) is 0 Å². The number of nitrogens with zero attached hydrogens (tertiary/aromatic N) is 1. The van der Waals surface area contributed by atoms with Crippen LogP contribution in [-0.2, 0) is 0 Å². The number of nitrogens with one attached hydrogen (secondary N) is 1. The molecule has 0 saturated carbocycles. The van der Waals surface area contributed by atoms with E-state index in [9.17, 15) is 0 Å². The second kappa shape index (κ2) is 4.87. The highest BCUT2D eigenvalue weighted by Crippen LogP contribution is 1.67. The second-order valence-electron chi connectivity index (χ2n) is 1.76. The van der Waals surface area contributed by atoms with E-state index in [1.54, 1.807) is 0 Å². The summed E-state index contributed by atoms with van der Waals surface area (Å²) >= 11 is 0. The van der Waals surface area contributed by atoms with Crippen molar-refractivity contribution in [2.75, 3.05) is 20.6 Å². The molecule has 0 amide bonds. The maximum absolute atomic E-state index is 6.76. The summed E-state index contributed by atoms with van der Waals surface area (Å²) in [5.41, 5.74) is 5.04. The maximum atomic E-state index is 6.76. The van der Waals surface area contributed by atoms with E-state index in [1.807, 2.05) is 19.0 Å². The Labute approximate surface area is 55.8 Å². The maximum Gasteiger partial charge on any atom is 0.105 e. The third-order valence-electron chi connectivity index (χ3n) is 0.487. The molecule has 0 aromatic carbocycles. The molecule has 0 atom stereocenters. The molecule has 0 aromatic heterocycles. The van der Waals surface area contributed by atoms with Crippen LogP contribution < -0.4 is 5.73 Å². The molecule has 0 radical (unpaired) electrons. The normalized spacial score (nSPS) is 8.38. The number of likely N-dealkylation sites (N-methyl/N-ethyl adjacent to an activating group) is 1. The lowest BCUT2D eigenvalue weighted by atomic mass is 10.6. The van der Waals surface area contributed by atoms with Crippen LogP contribution in [-0.4, -0.2) is 31.4 Å². The zero-order valence-electron chi connectivity index (χ0n) is 5.14. The van der Waals surface area contributed by atoms with Crippen LogP contribution in [0.15, 0.2) is 0 Å². The van der Waals surface area contributed by atoms with Crippen LogP contribution in [0, 0.1) is 5.41 Å². The van der Waals surface area contributed by atoms with E-state index in [4.69, 9.17) is 11.1 Å². The summed E-state index contributed by atoms with van der Waals surface area (Å²) in [7, 11) is 3.75. The van der Waals surface area contributed by atoms with Crippen molar-refractivity contribution >= 4 is 18.2 Å². The third kappa shape index (κ3) is 9.21. The predicted octanol–water partition coefficient (Wildman–Crippen LogP) is -0.0942. The van der Waals surface area contributed by atoms with Crippen molar-refractivity contribution in [1.29, 1.82) is 5.41 Å². The van der Waals surface area contributed by atoms with Gasteiger partial charge in [0.2, 0.25) is 0 Å². The Morgan fingerprint density at radius 3 is 2.00 bits per heavy atom. The summed E-state index contributed by atoms with van der Waals surface area (Å²) in [5.74, 6) is 0.213. The lowest BCUT2D eigenvalue weighted by Gasteiger charge is -2.05. The first-order valence-electron chi connectivity index (χ1n) is 2.10. The number of nitrogens with two attached hydrogens (primary N) is 1. The van der Waals surface area contributed by atoms with Gasteiger partial charge >= 0.3 is 0 Å². The summed E-state index contributed by atoms with van der Waals surface area (Å²) in [5, 5.41) is 6.76. The van der Waals surface area contributed by atoms with Crippen molar-refractivity contribution in [3.63, 3.8) is 0 Å². The summed E-state index contributed by atoms with van der Waals surface area (Å²) in [6, 6.07) is 0. The van der Waals surface area contributed by atoms with Gasteiger partial charge in [-0.3, -0.25) is 5.41 Å². The van der Waals surface area contributed by atoms with Gasteiger partial charge in [0, 0.05) is 0 Å². The lowest BCUT2D eigenvalue weighted by molar-refractivity contribution is 0.467. The molecule has 0 unspecified atom stereocenters. The van der Waals surface area contributed by atoms with Gasteiger partial charge in [-0.05, 0) is 14.1 Å². The summed E-state index contributed by atoms with van der Waals surface area (Å²) in [6.07, 6.45) is 0. The smallest absolute Gasteiger partial charge is 0.105 e. The van der Waals surface area contributed by atoms with E-state index in [-0.39, 0.29) is 18.2 Å². The Kier molecular flexibility index (Phi) is 6.48. The highest BCUT2D eigenvalue weighted by atomic mass is 35.5. The average molecular weight is 138 g/mol. The molecule has 0 aliphatic carbocycles. The molecule has 0 aromatic rings. The van der Waals surface area contributed by atoms with Crippen LogP contribution in [0.25, 0.3) is 0 Å². The molecule has 0 saturated heterocycles. The van der Waals surface area contributed by atoms with E-state index >= 15 is 0 Å². The zero-order valence-corrected chi connectivity index (χ0v) is 5.96. The van der Waals surface area contributed by atoms with Crippen LogP contribution in [0.2, 0.25) is 0 Å². The first-order chi connectivity index (χ1) is 3.13. The van der Waals surface area contributed by atoms with Gasteiger partial charge in [0.1, 0.15) is 5.84 Å². The molecule has 0 rings (SSSR count). The highest BCUT2D eigenvalue weighted by molar-refractivity contribution is 5.85. The van der Waals surface area contributed by atoms with Gasteiger partial charge in [0.05, 0.1) is 6.54 Å². The number of hydrogen-bond donors (Lipinski definition) is 2. The van der Waals surface area contributed by atoms with Gasteiger partial charge < -0.3 is 10.6 Å². The Balaban J connectivity index is 0. The average Bonchev–Trinajstić information content (AvgIpc) is 1.27. The Bertz CT molecular complexity index is 71.7. The first kappa shape index (κ1) is 10.7. The summed E-state index contributed by atoms with van der Waals surface area (Å²) in [4.78, 5) is 1.85. The fourth-order valence-corrected chi connectivity index (χ4v) is 0.341. The fourth-order valence-electron chi connectivity index (χ4n) is 0.341. The molecule has 3 nitrogen and oxygen atoms in total. The van der Waals surface area contributed by atoms with Gasteiger partial charge in [-0.25, -0.2) is 0 Å². The molecule has 0 bridgehead atoms. The second-order valence-corrected chi connectivity index (χ2v) is 1.76. The molecule has 0 fully saturated rings. The van der Waals surface area contributed by atoms with E-state index in [0.29, 0.717) is 6.54 Å². The molecule has 8 heavy (non-hydrogen) atoms.